The Balaban J connectivity index is 3.02. The Morgan fingerprint density at radius 2 is 1.34 bits per heavy atom. The number of carbonyl (C=O) groups excluding carboxylic acids is 4. The zero-order valence-corrected chi connectivity index (χ0v) is 21.5. The maximum atomic E-state index is 13.1. The first-order chi connectivity index (χ1) is 17.8. The molecule has 0 aliphatic carbocycles. The third-order valence-corrected chi connectivity index (χ3v) is 5.56. The molecule has 0 saturated heterocycles. The largest absolute Gasteiger partial charge is 0.481 e. The number of benzene rings is 1. The molecule has 0 aromatic heterocycles. The molecule has 38 heavy (non-hydrogen) atoms. The zero-order valence-electron chi connectivity index (χ0n) is 21.5. The monoisotopic (exact) mass is 535 g/mol. The second-order valence-electron chi connectivity index (χ2n) is 9.38. The molecule has 0 heterocycles. The van der Waals surface area contributed by atoms with Crippen molar-refractivity contribution in [3.05, 3.63) is 35.9 Å². The molecule has 0 spiro atoms. The Bertz CT molecular complexity index is 985. The lowest BCUT2D eigenvalue weighted by molar-refractivity contribution is -0.143. The van der Waals surface area contributed by atoms with Crippen LogP contribution in [0.5, 0.6) is 0 Å². The molecule has 0 aliphatic heterocycles. The summed E-state index contributed by atoms with van der Waals surface area (Å²) in [5.41, 5.74) is 11.5. The Morgan fingerprint density at radius 3 is 1.87 bits per heavy atom. The number of carboxylic acids is 2. The summed E-state index contributed by atoms with van der Waals surface area (Å²) in [4.78, 5) is 72.5. The minimum Gasteiger partial charge on any atom is -0.481 e. The van der Waals surface area contributed by atoms with Gasteiger partial charge in [-0.3, -0.25) is 24.0 Å². The lowest BCUT2D eigenvalue weighted by Gasteiger charge is -2.26. The van der Waals surface area contributed by atoms with E-state index in [1.165, 1.54) is 0 Å². The molecule has 1 rings (SSSR count). The van der Waals surface area contributed by atoms with Gasteiger partial charge in [0.1, 0.15) is 18.1 Å². The van der Waals surface area contributed by atoms with E-state index < -0.39 is 66.2 Å². The van der Waals surface area contributed by atoms with E-state index in [2.05, 4.69) is 16.0 Å². The van der Waals surface area contributed by atoms with Crippen LogP contribution in [0.3, 0.4) is 0 Å². The molecule has 0 aliphatic rings. The molecule has 4 atom stereocenters. The number of primary amides is 1. The van der Waals surface area contributed by atoms with Crippen LogP contribution in [0.4, 0.5) is 0 Å². The molecule has 0 bridgehead atoms. The van der Waals surface area contributed by atoms with Crippen molar-refractivity contribution in [2.24, 2.45) is 17.4 Å². The maximum Gasteiger partial charge on any atom is 0.326 e. The number of carboxylic acid groups (broad SMARTS) is 2. The number of nitrogens with one attached hydrogen (secondary N) is 3. The summed E-state index contributed by atoms with van der Waals surface area (Å²) in [6, 6.07) is 3.64. The van der Waals surface area contributed by atoms with E-state index in [4.69, 9.17) is 16.6 Å². The van der Waals surface area contributed by atoms with Crippen LogP contribution in [-0.2, 0) is 35.2 Å². The van der Waals surface area contributed by atoms with Crippen molar-refractivity contribution in [3.63, 3.8) is 0 Å². The van der Waals surface area contributed by atoms with Crippen LogP contribution in [-0.4, -0.2) is 69.9 Å². The molecule has 1 aromatic carbocycles. The van der Waals surface area contributed by atoms with Gasteiger partial charge in [0.25, 0.3) is 0 Å². The highest BCUT2D eigenvalue weighted by Gasteiger charge is 2.31. The van der Waals surface area contributed by atoms with Crippen LogP contribution < -0.4 is 27.4 Å². The lowest BCUT2D eigenvalue weighted by atomic mass is 10.0. The van der Waals surface area contributed by atoms with Crippen LogP contribution in [0, 0.1) is 5.92 Å². The summed E-state index contributed by atoms with van der Waals surface area (Å²) in [5, 5.41) is 26.0. The van der Waals surface area contributed by atoms with Crippen LogP contribution >= 0.6 is 0 Å². The van der Waals surface area contributed by atoms with Crippen molar-refractivity contribution in [2.45, 2.75) is 76.5 Å². The molecule has 4 unspecified atom stereocenters. The number of rotatable bonds is 17. The highest BCUT2D eigenvalue weighted by atomic mass is 16.4. The topological polar surface area (TPSA) is 231 Å². The molecule has 0 fully saturated rings. The fraction of sp³-hybridized carbons (Fsp3) is 0.520. The second-order valence-corrected chi connectivity index (χ2v) is 9.38. The summed E-state index contributed by atoms with van der Waals surface area (Å²) in [6.07, 6.45) is -0.811. The van der Waals surface area contributed by atoms with Crippen LogP contribution in [0.1, 0.15) is 51.5 Å². The first kappa shape index (κ1) is 32.0. The van der Waals surface area contributed by atoms with Gasteiger partial charge in [0, 0.05) is 19.3 Å². The average Bonchev–Trinajstić information content (AvgIpc) is 2.83. The highest BCUT2D eigenvalue weighted by molar-refractivity contribution is 5.94. The molecule has 1 aromatic rings. The van der Waals surface area contributed by atoms with Gasteiger partial charge in [-0.15, -0.1) is 0 Å². The molecule has 13 heteroatoms. The van der Waals surface area contributed by atoms with Crippen LogP contribution in [0.25, 0.3) is 0 Å². The smallest absolute Gasteiger partial charge is 0.326 e. The summed E-state index contributed by atoms with van der Waals surface area (Å²) < 4.78 is 0. The van der Waals surface area contributed by atoms with E-state index in [-0.39, 0.29) is 38.0 Å². The Morgan fingerprint density at radius 1 is 0.789 bits per heavy atom. The van der Waals surface area contributed by atoms with Gasteiger partial charge in [-0.25, -0.2) is 4.79 Å². The number of aliphatic carboxylic acids is 2. The summed E-state index contributed by atoms with van der Waals surface area (Å²) in [5.74, 6) is -5.58. The van der Waals surface area contributed by atoms with Gasteiger partial charge in [-0.05, 0) is 30.7 Å². The molecular weight excluding hydrogens is 498 g/mol. The maximum absolute atomic E-state index is 13.1. The van der Waals surface area contributed by atoms with Crippen molar-refractivity contribution in [3.8, 4) is 0 Å². The average molecular weight is 536 g/mol. The van der Waals surface area contributed by atoms with Crippen molar-refractivity contribution < 1.29 is 39.0 Å². The minimum absolute atomic E-state index is 0.0290. The zero-order chi connectivity index (χ0) is 28.8. The fourth-order valence-corrected chi connectivity index (χ4v) is 3.54. The van der Waals surface area contributed by atoms with Crippen LogP contribution in [0.2, 0.25) is 0 Å². The lowest BCUT2D eigenvalue weighted by Crippen LogP contribution is -2.57. The summed E-state index contributed by atoms with van der Waals surface area (Å²) in [6.45, 7) is 3.60. The number of carbonyl (C=O) groups is 6. The molecule has 13 nitrogen and oxygen atoms in total. The van der Waals surface area contributed by atoms with Gasteiger partial charge < -0.3 is 37.6 Å². The number of amides is 4. The predicted octanol–water partition coefficient (Wildman–Crippen LogP) is -0.728. The Kier molecular flexibility index (Phi) is 13.5. The number of hydrogen-bond acceptors (Lipinski definition) is 7. The first-order valence-electron chi connectivity index (χ1n) is 12.2. The van der Waals surface area contributed by atoms with E-state index in [1.54, 1.807) is 44.2 Å². The van der Waals surface area contributed by atoms with Gasteiger partial charge in [-0.2, -0.15) is 0 Å². The van der Waals surface area contributed by atoms with Crippen molar-refractivity contribution in [1.29, 1.82) is 0 Å². The first-order valence-corrected chi connectivity index (χ1v) is 12.2. The van der Waals surface area contributed by atoms with Crippen LogP contribution in [0.15, 0.2) is 30.3 Å². The second kappa shape index (κ2) is 16.0. The quantitative estimate of drug-likeness (QED) is 0.133. The molecular formula is C25H37N5O8. The van der Waals surface area contributed by atoms with Gasteiger partial charge in [0.2, 0.25) is 23.6 Å². The predicted molar refractivity (Wildman–Crippen MR) is 136 cm³/mol. The van der Waals surface area contributed by atoms with Gasteiger partial charge >= 0.3 is 11.9 Å². The van der Waals surface area contributed by atoms with E-state index in [0.29, 0.717) is 5.56 Å². The van der Waals surface area contributed by atoms with Gasteiger partial charge in [0.05, 0.1) is 6.04 Å². The summed E-state index contributed by atoms with van der Waals surface area (Å²) in [7, 11) is 0. The molecule has 0 saturated carbocycles. The third-order valence-electron chi connectivity index (χ3n) is 5.56. The van der Waals surface area contributed by atoms with E-state index in [0.717, 1.165) is 0 Å². The normalized spacial score (nSPS) is 14.0. The van der Waals surface area contributed by atoms with E-state index in [9.17, 15) is 33.9 Å². The van der Waals surface area contributed by atoms with E-state index >= 15 is 0 Å². The van der Waals surface area contributed by atoms with Gasteiger partial charge in [0.15, 0.2) is 0 Å². The van der Waals surface area contributed by atoms with Crippen molar-refractivity contribution in [1.82, 2.24) is 16.0 Å². The van der Waals surface area contributed by atoms with E-state index in [1.807, 2.05) is 0 Å². The standard InChI is InChI=1S/C25H37N5O8/c1-14(2)12-18(29-22(34)16(26)8-10-20(27)31)24(36)28-17(9-11-21(32)33)23(35)30-19(25(37)38)13-15-6-4-3-5-7-15/h3-7,14,16-19H,8-13,26H2,1-2H3,(H2,27,31)(H,28,36)(H,29,34)(H,30,35)(H,32,33)(H,37,38). The fourth-order valence-electron chi connectivity index (χ4n) is 3.54. The Hall–Kier alpha value is -4.00. The number of hydrogen-bond donors (Lipinski definition) is 7. The third kappa shape index (κ3) is 12.3. The minimum atomic E-state index is -1.38. The molecule has 210 valence electrons. The van der Waals surface area contributed by atoms with Gasteiger partial charge in [-0.1, -0.05) is 44.2 Å². The molecule has 4 amide bonds. The number of nitrogens with two attached hydrogens (primary N) is 2. The molecule has 9 N–H and O–H groups in total. The SMILES string of the molecule is CC(C)CC(NC(=O)C(N)CCC(N)=O)C(=O)NC(CCC(=O)O)C(=O)NC(Cc1ccccc1)C(=O)O. The highest BCUT2D eigenvalue weighted by Crippen LogP contribution is 2.09. The summed E-state index contributed by atoms with van der Waals surface area (Å²) >= 11 is 0. The Labute approximate surface area is 220 Å². The molecule has 0 radical (unpaired) electrons. The van der Waals surface area contributed by atoms with Crippen molar-refractivity contribution >= 4 is 35.6 Å². The van der Waals surface area contributed by atoms with Crippen molar-refractivity contribution in [2.75, 3.05) is 0 Å².